The molecular weight excluding hydrogens is 348 g/mol. The van der Waals surface area contributed by atoms with Crippen LogP contribution in [-0.2, 0) is 0 Å². The van der Waals surface area contributed by atoms with Gasteiger partial charge in [-0.3, -0.25) is 10.1 Å². The Morgan fingerprint density at radius 1 is 1.30 bits per heavy atom. The van der Waals surface area contributed by atoms with Crippen molar-refractivity contribution >= 4 is 33.2 Å². The highest BCUT2D eigenvalue weighted by Gasteiger charge is 2.16. The fraction of sp³-hybridized carbons (Fsp3) is 0. The van der Waals surface area contributed by atoms with E-state index in [1.165, 1.54) is 24.3 Å². The first-order valence-electron chi connectivity index (χ1n) is 5.32. The van der Waals surface area contributed by atoms with Gasteiger partial charge >= 0.3 is 5.69 Å². The molecule has 0 N–H and O–H groups in total. The molecule has 0 saturated heterocycles. The summed E-state index contributed by atoms with van der Waals surface area (Å²) in [5.74, 6) is 0.325. The molecule has 0 spiro atoms. The lowest BCUT2D eigenvalue weighted by Crippen LogP contribution is -1.93. The van der Waals surface area contributed by atoms with Crippen LogP contribution in [0.1, 0.15) is 5.56 Å². The van der Waals surface area contributed by atoms with Gasteiger partial charge in [-0.05, 0) is 24.3 Å². The van der Waals surface area contributed by atoms with Crippen molar-refractivity contribution in [2.75, 3.05) is 0 Å². The molecule has 2 aromatic carbocycles. The summed E-state index contributed by atoms with van der Waals surface area (Å²) >= 11 is 9.05. The van der Waals surface area contributed by atoms with Crippen LogP contribution in [-0.4, -0.2) is 4.92 Å². The quantitative estimate of drug-likeness (QED) is 0.593. The van der Waals surface area contributed by atoms with Crippen LogP contribution in [0, 0.1) is 21.4 Å². The van der Waals surface area contributed by atoms with Crippen LogP contribution in [0.2, 0.25) is 5.02 Å². The number of nitrogens with zero attached hydrogens (tertiary/aromatic N) is 2. The second kappa shape index (κ2) is 5.90. The third-order valence-corrected chi connectivity index (χ3v) is 3.04. The lowest BCUT2D eigenvalue weighted by molar-refractivity contribution is -0.385. The van der Waals surface area contributed by atoms with Crippen molar-refractivity contribution in [3.8, 4) is 17.6 Å². The van der Waals surface area contributed by atoms with E-state index in [1.54, 1.807) is 12.1 Å². The number of nitro groups is 1. The lowest BCUT2D eigenvalue weighted by Gasteiger charge is -2.07. The van der Waals surface area contributed by atoms with Crippen molar-refractivity contribution < 1.29 is 9.66 Å². The maximum Gasteiger partial charge on any atom is 0.311 e. The molecule has 0 bridgehead atoms. The van der Waals surface area contributed by atoms with Crippen LogP contribution in [0.25, 0.3) is 0 Å². The minimum Gasteiger partial charge on any atom is -0.450 e. The number of nitro benzene ring substituents is 1. The van der Waals surface area contributed by atoms with Crippen molar-refractivity contribution in [2.24, 2.45) is 0 Å². The molecule has 0 aliphatic carbocycles. The van der Waals surface area contributed by atoms with Gasteiger partial charge in [-0.25, -0.2) is 0 Å². The van der Waals surface area contributed by atoms with Gasteiger partial charge in [-0.2, -0.15) is 5.26 Å². The van der Waals surface area contributed by atoms with E-state index < -0.39 is 4.92 Å². The largest absolute Gasteiger partial charge is 0.450 e. The molecule has 0 aromatic heterocycles. The maximum absolute atomic E-state index is 10.9. The molecule has 20 heavy (non-hydrogen) atoms. The number of hydrogen-bond acceptors (Lipinski definition) is 4. The SMILES string of the molecule is N#Cc1cc(Br)cc(Oc2cc(Cl)ccc2[N+](=O)[O-])c1. The third-order valence-electron chi connectivity index (χ3n) is 2.35. The van der Waals surface area contributed by atoms with Gasteiger partial charge < -0.3 is 4.74 Å². The Kier molecular flexibility index (Phi) is 4.23. The molecule has 100 valence electrons. The Balaban J connectivity index is 2.44. The van der Waals surface area contributed by atoms with E-state index in [-0.39, 0.29) is 11.4 Å². The van der Waals surface area contributed by atoms with E-state index in [0.29, 0.717) is 20.8 Å². The fourth-order valence-electron chi connectivity index (χ4n) is 1.53. The molecule has 0 aliphatic heterocycles. The average Bonchev–Trinajstić information content (AvgIpc) is 2.37. The van der Waals surface area contributed by atoms with Crippen molar-refractivity contribution in [2.45, 2.75) is 0 Å². The Hall–Kier alpha value is -2.10. The second-order valence-electron chi connectivity index (χ2n) is 3.76. The number of rotatable bonds is 3. The van der Waals surface area contributed by atoms with Gasteiger partial charge in [0.1, 0.15) is 5.75 Å². The molecule has 0 amide bonds. The first-order valence-corrected chi connectivity index (χ1v) is 6.49. The molecule has 0 fully saturated rings. The van der Waals surface area contributed by atoms with Gasteiger partial charge in [0, 0.05) is 21.6 Å². The van der Waals surface area contributed by atoms with Crippen molar-refractivity contribution in [1.82, 2.24) is 0 Å². The number of benzene rings is 2. The summed E-state index contributed by atoms with van der Waals surface area (Å²) < 4.78 is 6.10. The third kappa shape index (κ3) is 3.26. The Labute approximate surface area is 127 Å². The molecule has 2 rings (SSSR count). The van der Waals surface area contributed by atoms with E-state index in [2.05, 4.69) is 15.9 Å². The number of hydrogen-bond donors (Lipinski definition) is 0. The van der Waals surface area contributed by atoms with Gasteiger partial charge in [0.25, 0.3) is 0 Å². The van der Waals surface area contributed by atoms with Gasteiger partial charge in [0.15, 0.2) is 0 Å². The van der Waals surface area contributed by atoms with E-state index in [9.17, 15) is 10.1 Å². The minimum absolute atomic E-state index is 0.0180. The van der Waals surface area contributed by atoms with E-state index in [4.69, 9.17) is 21.6 Å². The van der Waals surface area contributed by atoms with Gasteiger partial charge in [0.05, 0.1) is 16.6 Å². The molecule has 5 nitrogen and oxygen atoms in total. The topological polar surface area (TPSA) is 76.2 Å². The fourth-order valence-corrected chi connectivity index (χ4v) is 2.17. The van der Waals surface area contributed by atoms with Crippen LogP contribution in [0.15, 0.2) is 40.9 Å². The van der Waals surface area contributed by atoms with Crippen LogP contribution < -0.4 is 4.74 Å². The zero-order chi connectivity index (χ0) is 14.7. The van der Waals surface area contributed by atoms with E-state index in [1.807, 2.05) is 6.07 Å². The van der Waals surface area contributed by atoms with Gasteiger partial charge in [0.2, 0.25) is 5.75 Å². The maximum atomic E-state index is 10.9. The molecular formula is C13H6BrClN2O3. The molecule has 7 heteroatoms. The summed E-state index contributed by atoms with van der Waals surface area (Å²) in [5.41, 5.74) is 0.173. The molecule has 0 heterocycles. The Morgan fingerprint density at radius 3 is 2.70 bits per heavy atom. The summed E-state index contributed by atoms with van der Waals surface area (Å²) in [6, 6.07) is 10.7. The number of nitriles is 1. The lowest BCUT2D eigenvalue weighted by atomic mass is 10.2. The normalized spacial score (nSPS) is 9.85. The highest BCUT2D eigenvalue weighted by molar-refractivity contribution is 9.10. The average molecular weight is 354 g/mol. The van der Waals surface area contributed by atoms with Crippen LogP contribution in [0.5, 0.6) is 11.5 Å². The predicted molar refractivity (Wildman–Crippen MR) is 77.0 cm³/mol. The monoisotopic (exact) mass is 352 g/mol. The van der Waals surface area contributed by atoms with E-state index in [0.717, 1.165) is 0 Å². The Bertz CT molecular complexity index is 728. The first kappa shape index (κ1) is 14.3. The van der Waals surface area contributed by atoms with Crippen LogP contribution >= 0.6 is 27.5 Å². The highest BCUT2D eigenvalue weighted by Crippen LogP contribution is 2.34. The van der Waals surface area contributed by atoms with Crippen LogP contribution in [0.4, 0.5) is 5.69 Å². The Morgan fingerprint density at radius 2 is 2.05 bits per heavy atom. The summed E-state index contributed by atoms with van der Waals surface area (Å²) in [4.78, 5) is 10.4. The second-order valence-corrected chi connectivity index (χ2v) is 5.11. The number of ether oxygens (including phenoxy) is 1. The van der Waals surface area contributed by atoms with E-state index >= 15 is 0 Å². The summed E-state index contributed by atoms with van der Waals surface area (Å²) in [6.07, 6.45) is 0. The van der Waals surface area contributed by atoms with Crippen molar-refractivity contribution in [3.63, 3.8) is 0 Å². The minimum atomic E-state index is -0.561. The smallest absolute Gasteiger partial charge is 0.311 e. The molecule has 0 saturated carbocycles. The predicted octanol–water partition coefficient (Wildman–Crippen LogP) is 4.67. The summed E-state index contributed by atoms with van der Waals surface area (Å²) in [7, 11) is 0. The zero-order valence-corrected chi connectivity index (χ0v) is 12.2. The highest BCUT2D eigenvalue weighted by atomic mass is 79.9. The first-order chi connectivity index (χ1) is 9.49. The van der Waals surface area contributed by atoms with Crippen LogP contribution in [0.3, 0.4) is 0 Å². The zero-order valence-electron chi connectivity index (χ0n) is 9.84. The molecule has 2 aromatic rings. The van der Waals surface area contributed by atoms with Crippen molar-refractivity contribution in [3.05, 3.63) is 61.6 Å². The molecule has 0 atom stereocenters. The van der Waals surface area contributed by atoms with Crippen molar-refractivity contribution in [1.29, 1.82) is 5.26 Å². The summed E-state index contributed by atoms with van der Waals surface area (Å²) in [5, 5.41) is 20.1. The van der Waals surface area contributed by atoms with Gasteiger partial charge in [-0.1, -0.05) is 27.5 Å². The summed E-state index contributed by atoms with van der Waals surface area (Å²) in [6.45, 7) is 0. The molecule has 0 radical (unpaired) electrons. The molecule has 0 aliphatic rings. The molecule has 0 unspecified atom stereocenters. The number of halogens is 2. The van der Waals surface area contributed by atoms with Gasteiger partial charge in [-0.15, -0.1) is 0 Å². The standard InChI is InChI=1S/C13H6BrClN2O3/c14-9-3-8(7-16)4-11(5-9)20-13-6-10(15)1-2-12(13)17(18)19/h1-6H.